The summed E-state index contributed by atoms with van der Waals surface area (Å²) in [7, 11) is 3.41. The highest BCUT2D eigenvalue weighted by atomic mass is 127. The maximum absolute atomic E-state index is 12.2. The minimum atomic E-state index is 0. The number of aliphatic imine (C=N–C) groups is 1. The van der Waals surface area contributed by atoms with E-state index in [1.807, 2.05) is 11.8 Å². The maximum atomic E-state index is 12.2. The van der Waals surface area contributed by atoms with Gasteiger partial charge in [-0.2, -0.15) is 0 Å². The second kappa shape index (κ2) is 12.0. The number of carbonyl (C=O) groups is 1. The van der Waals surface area contributed by atoms with E-state index in [0.29, 0.717) is 5.96 Å². The number of methoxy groups -OCH3 is 1. The average Bonchev–Trinajstić information content (AvgIpc) is 2.66. The molecule has 1 aromatic rings. The summed E-state index contributed by atoms with van der Waals surface area (Å²) in [6.45, 7) is 4.82. The Labute approximate surface area is 173 Å². The molecule has 0 radical (unpaired) electrons. The molecule has 0 unspecified atom stereocenters. The van der Waals surface area contributed by atoms with Crippen LogP contribution in [0, 0.1) is 6.92 Å². The van der Waals surface area contributed by atoms with Crippen LogP contribution < -0.4 is 15.4 Å². The number of hydrogen-bond donors (Lipinski definition) is 2. The van der Waals surface area contributed by atoms with Gasteiger partial charge in [0, 0.05) is 26.7 Å². The number of carbonyl (C=O) groups excluding carboxylic acids is 1. The van der Waals surface area contributed by atoms with E-state index in [-0.39, 0.29) is 36.4 Å². The van der Waals surface area contributed by atoms with E-state index in [2.05, 4.69) is 33.8 Å². The first kappa shape index (κ1) is 22.5. The van der Waals surface area contributed by atoms with Crippen LogP contribution in [-0.4, -0.2) is 57.1 Å². The zero-order valence-electron chi connectivity index (χ0n) is 16.0. The summed E-state index contributed by atoms with van der Waals surface area (Å²) in [5.74, 6) is 1.71. The van der Waals surface area contributed by atoms with Crippen LogP contribution in [0.25, 0.3) is 0 Å². The summed E-state index contributed by atoms with van der Waals surface area (Å²) in [5, 5.41) is 6.36. The molecule has 6 nitrogen and oxygen atoms in total. The predicted molar refractivity (Wildman–Crippen MR) is 117 cm³/mol. The number of guanidine groups is 1. The van der Waals surface area contributed by atoms with Crippen LogP contribution in [0.1, 0.15) is 30.4 Å². The van der Waals surface area contributed by atoms with Crippen LogP contribution in [0.3, 0.4) is 0 Å². The van der Waals surface area contributed by atoms with Crippen LogP contribution in [0.4, 0.5) is 0 Å². The van der Waals surface area contributed by atoms with E-state index in [9.17, 15) is 4.79 Å². The number of nitrogens with one attached hydrogen (secondary N) is 2. The van der Waals surface area contributed by atoms with Crippen molar-refractivity contribution in [3.8, 4) is 5.75 Å². The lowest BCUT2D eigenvalue weighted by Gasteiger charge is -2.27. The number of aryl methyl sites for hydroxylation is 1. The van der Waals surface area contributed by atoms with Crippen LogP contribution in [-0.2, 0) is 11.2 Å². The predicted octanol–water partition coefficient (Wildman–Crippen LogP) is 2.34. The topological polar surface area (TPSA) is 66.0 Å². The normalized spacial score (nSPS) is 14.4. The van der Waals surface area contributed by atoms with E-state index in [4.69, 9.17) is 4.74 Å². The molecule has 146 valence electrons. The average molecular weight is 474 g/mol. The minimum absolute atomic E-state index is 0. The molecule has 0 spiro atoms. The molecule has 1 saturated heterocycles. The number of hydrogen-bond acceptors (Lipinski definition) is 3. The Morgan fingerprint density at radius 2 is 1.96 bits per heavy atom. The first-order valence-corrected chi connectivity index (χ1v) is 9.00. The Hall–Kier alpha value is -1.51. The third-order valence-electron chi connectivity index (χ3n) is 4.52. The van der Waals surface area contributed by atoms with Gasteiger partial charge in [0.25, 0.3) is 0 Å². The van der Waals surface area contributed by atoms with Gasteiger partial charge in [0.2, 0.25) is 5.91 Å². The lowest BCUT2D eigenvalue weighted by molar-refractivity contribution is -0.130. The Morgan fingerprint density at radius 3 is 2.62 bits per heavy atom. The number of likely N-dealkylation sites (tertiary alicyclic amines) is 1. The second-order valence-electron chi connectivity index (χ2n) is 6.35. The van der Waals surface area contributed by atoms with Gasteiger partial charge in [-0.1, -0.05) is 12.1 Å². The molecule has 1 aliphatic rings. The van der Waals surface area contributed by atoms with E-state index < -0.39 is 0 Å². The summed E-state index contributed by atoms with van der Waals surface area (Å²) in [6.07, 6.45) is 4.30. The van der Waals surface area contributed by atoms with E-state index in [1.54, 1.807) is 14.2 Å². The molecule has 26 heavy (non-hydrogen) atoms. The Bertz CT molecular complexity index is 601. The number of nitrogens with zero attached hydrogens (tertiary/aromatic N) is 2. The van der Waals surface area contributed by atoms with Crippen molar-refractivity contribution in [2.24, 2.45) is 4.99 Å². The highest BCUT2D eigenvalue weighted by Gasteiger charge is 2.16. The maximum Gasteiger partial charge on any atom is 0.241 e. The molecule has 1 aromatic carbocycles. The van der Waals surface area contributed by atoms with Gasteiger partial charge in [0.05, 0.1) is 13.7 Å². The number of ether oxygens (including phenoxy) is 1. The van der Waals surface area contributed by atoms with Gasteiger partial charge >= 0.3 is 0 Å². The lowest BCUT2D eigenvalue weighted by atomic mass is 10.1. The molecule has 0 aromatic heterocycles. The second-order valence-corrected chi connectivity index (χ2v) is 6.35. The van der Waals surface area contributed by atoms with Crippen molar-refractivity contribution in [3.63, 3.8) is 0 Å². The summed E-state index contributed by atoms with van der Waals surface area (Å²) in [6, 6.07) is 6.24. The fraction of sp³-hybridized carbons (Fsp3) is 0.579. The lowest BCUT2D eigenvalue weighted by Crippen LogP contribution is -2.46. The number of rotatable bonds is 6. The number of piperidine rings is 1. The van der Waals surface area contributed by atoms with Gasteiger partial charge in [0.1, 0.15) is 5.75 Å². The van der Waals surface area contributed by atoms with E-state index in [0.717, 1.165) is 50.2 Å². The van der Waals surface area contributed by atoms with Crippen LogP contribution >= 0.6 is 24.0 Å². The van der Waals surface area contributed by atoms with Crippen molar-refractivity contribution in [1.29, 1.82) is 0 Å². The summed E-state index contributed by atoms with van der Waals surface area (Å²) >= 11 is 0. The molecule has 0 saturated carbocycles. The highest BCUT2D eigenvalue weighted by molar-refractivity contribution is 14.0. The summed E-state index contributed by atoms with van der Waals surface area (Å²) < 4.78 is 5.36. The van der Waals surface area contributed by atoms with Crippen molar-refractivity contribution in [2.75, 3.05) is 40.3 Å². The fourth-order valence-electron chi connectivity index (χ4n) is 2.98. The molecule has 1 aliphatic heterocycles. The standard InChI is InChI=1S/C19H30N4O2.HI/c1-15-7-8-16(13-17(15)25-3)9-10-21-19(20-2)22-14-18(24)23-11-5-4-6-12-23;/h7-8,13H,4-6,9-12,14H2,1-3H3,(H2,20,21,22);1H. The third kappa shape index (κ3) is 7.01. The summed E-state index contributed by atoms with van der Waals surface area (Å²) in [4.78, 5) is 18.3. The van der Waals surface area contributed by atoms with Gasteiger partial charge in [-0.25, -0.2) is 0 Å². The number of halogens is 1. The van der Waals surface area contributed by atoms with Crippen molar-refractivity contribution in [2.45, 2.75) is 32.6 Å². The largest absolute Gasteiger partial charge is 0.496 e. The van der Waals surface area contributed by atoms with Crippen LogP contribution in [0.15, 0.2) is 23.2 Å². The summed E-state index contributed by atoms with van der Waals surface area (Å²) in [5.41, 5.74) is 2.34. The smallest absolute Gasteiger partial charge is 0.241 e. The zero-order valence-corrected chi connectivity index (χ0v) is 18.3. The Kier molecular flexibility index (Phi) is 10.4. The van der Waals surface area contributed by atoms with Gasteiger partial charge in [-0.05, 0) is 49.8 Å². The molecule has 7 heteroatoms. The molecule has 0 aliphatic carbocycles. The van der Waals surface area contributed by atoms with Crippen LogP contribution in [0.5, 0.6) is 5.75 Å². The fourth-order valence-corrected chi connectivity index (χ4v) is 2.98. The van der Waals surface area contributed by atoms with Crippen LogP contribution in [0.2, 0.25) is 0 Å². The minimum Gasteiger partial charge on any atom is -0.496 e. The molecule has 2 rings (SSSR count). The highest BCUT2D eigenvalue weighted by Crippen LogP contribution is 2.18. The third-order valence-corrected chi connectivity index (χ3v) is 4.52. The molecular weight excluding hydrogens is 443 g/mol. The van der Waals surface area contributed by atoms with Gasteiger partial charge in [0.15, 0.2) is 5.96 Å². The monoisotopic (exact) mass is 474 g/mol. The molecule has 1 amide bonds. The molecule has 1 heterocycles. The molecular formula is C19H31IN4O2. The quantitative estimate of drug-likeness (QED) is 0.378. The Balaban J connectivity index is 0.00000338. The molecule has 0 bridgehead atoms. The molecule has 0 atom stereocenters. The number of amides is 1. The van der Waals surface area contributed by atoms with Gasteiger partial charge < -0.3 is 20.3 Å². The zero-order chi connectivity index (χ0) is 18.1. The van der Waals surface area contributed by atoms with Crippen molar-refractivity contribution in [3.05, 3.63) is 29.3 Å². The van der Waals surface area contributed by atoms with Crippen molar-refractivity contribution >= 4 is 35.8 Å². The van der Waals surface area contributed by atoms with Crippen molar-refractivity contribution < 1.29 is 9.53 Å². The van der Waals surface area contributed by atoms with Gasteiger partial charge in [-0.15, -0.1) is 24.0 Å². The molecule has 2 N–H and O–H groups in total. The van der Waals surface area contributed by atoms with E-state index in [1.165, 1.54) is 12.0 Å². The van der Waals surface area contributed by atoms with E-state index >= 15 is 0 Å². The Morgan fingerprint density at radius 1 is 1.23 bits per heavy atom. The number of benzene rings is 1. The van der Waals surface area contributed by atoms with Crippen molar-refractivity contribution in [1.82, 2.24) is 15.5 Å². The molecule has 1 fully saturated rings. The van der Waals surface area contributed by atoms with Gasteiger partial charge in [-0.3, -0.25) is 9.79 Å². The first-order valence-electron chi connectivity index (χ1n) is 9.00. The first-order chi connectivity index (χ1) is 12.1. The SMILES string of the molecule is CN=C(NCCc1ccc(C)c(OC)c1)NCC(=O)N1CCCCC1.I.